The zero-order valence-corrected chi connectivity index (χ0v) is 11.1. The van der Waals surface area contributed by atoms with Gasteiger partial charge in [0.25, 0.3) is 0 Å². The minimum absolute atomic E-state index is 0.361. The van der Waals surface area contributed by atoms with Crippen molar-refractivity contribution >= 4 is 0 Å². The summed E-state index contributed by atoms with van der Waals surface area (Å²) < 4.78 is 0. The molecule has 0 aliphatic rings. The van der Waals surface area contributed by atoms with Gasteiger partial charge in [0.1, 0.15) is 0 Å². The third kappa shape index (κ3) is 3.41. The SMILES string of the molecule is CCNC(Cc1cccnc1)c1ccc(C)cc1. The molecule has 0 amide bonds. The molecule has 1 aromatic heterocycles. The maximum absolute atomic E-state index is 4.18. The van der Waals surface area contributed by atoms with Gasteiger partial charge in [0.2, 0.25) is 0 Å². The predicted molar refractivity (Wildman–Crippen MR) is 75.5 cm³/mol. The summed E-state index contributed by atoms with van der Waals surface area (Å²) in [5.41, 5.74) is 3.91. The van der Waals surface area contributed by atoms with Crippen LogP contribution < -0.4 is 5.32 Å². The van der Waals surface area contributed by atoms with Gasteiger partial charge in [-0.25, -0.2) is 0 Å². The highest BCUT2D eigenvalue weighted by molar-refractivity contribution is 5.26. The third-order valence-electron chi connectivity index (χ3n) is 3.09. The molecule has 1 heterocycles. The van der Waals surface area contributed by atoms with Crippen molar-refractivity contribution in [3.8, 4) is 0 Å². The van der Waals surface area contributed by atoms with Crippen molar-refractivity contribution in [2.24, 2.45) is 0 Å². The first-order valence-electron chi connectivity index (χ1n) is 6.48. The van der Waals surface area contributed by atoms with Crippen LogP contribution in [0.2, 0.25) is 0 Å². The van der Waals surface area contributed by atoms with Gasteiger partial charge in [-0.15, -0.1) is 0 Å². The van der Waals surface area contributed by atoms with E-state index in [0.29, 0.717) is 6.04 Å². The van der Waals surface area contributed by atoms with E-state index in [1.165, 1.54) is 16.7 Å². The summed E-state index contributed by atoms with van der Waals surface area (Å²) in [7, 11) is 0. The van der Waals surface area contributed by atoms with E-state index in [1.54, 1.807) is 0 Å². The lowest BCUT2D eigenvalue weighted by molar-refractivity contribution is 0.549. The molecule has 18 heavy (non-hydrogen) atoms. The number of pyridine rings is 1. The molecular formula is C16H20N2. The molecule has 1 atom stereocenters. The largest absolute Gasteiger partial charge is 0.310 e. The van der Waals surface area contributed by atoms with E-state index in [9.17, 15) is 0 Å². The van der Waals surface area contributed by atoms with E-state index in [4.69, 9.17) is 0 Å². The molecule has 2 heteroatoms. The van der Waals surface area contributed by atoms with Crippen LogP contribution in [0.3, 0.4) is 0 Å². The average Bonchev–Trinajstić information content (AvgIpc) is 2.40. The Hall–Kier alpha value is -1.67. The van der Waals surface area contributed by atoms with Gasteiger partial charge in [-0.05, 0) is 37.1 Å². The molecule has 0 aliphatic heterocycles. The molecule has 2 nitrogen and oxygen atoms in total. The van der Waals surface area contributed by atoms with Crippen molar-refractivity contribution in [3.05, 3.63) is 65.5 Å². The second-order valence-electron chi connectivity index (χ2n) is 4.59. The highest BCUT2D eigenvalue weighted by Crippen LogP contribution is 2.18. The van der Waals surface area contributed by atoms with Crippen LogP contribution in [0.4, 0.5) is 0 Å². The van der Waals surface area contributed by atoms with E-state index in [0.717, 1.165) is 13.0 Å². The van der Waals surface area contributed by atoms with Crippen LogP contribution in [0.1, 0.15) is 29.7 Å². The van der Waals surface area contributed by atoms with Gasteiger partial charge >= 0.3 is 0 Å². The van der Waals surface area contributed by atoms with Crippen LogP contribution >= 0.6 is 0 Å². The Morgan fingerprint density at radius 3 is 2.56 bits per heavy atom. The topological polar surface area (TPSA) is 24.9 Å². The fraction of sp³-hybridized carbons (Fsp3) is 0.312. The molecule has 2 aromatic rings. The van der Waals surface area contributed by atoms with E-state index < -0.39 is 0 Å². The molecule has 0 bridgehead atoms. The number of aromatic nitrogens is 1. The van der Waals surface area contributed by atoms with Gasteiger partial charge in [-0.3, -0.25) is 4.98 Å². The van der Waals surface area contributed by atoms with Gasteiger partial charge in [0.05, 0.1) is 0 Å². The third-order valence-corrected chi connectivity index (χ3v) is 3.09. The summed E-state index contributed by atoms with van der Waals surface area (Å²) in [5.74, 6) is 0. The molecule has 1 unspecified atom stereocenters. The summed E-state index contributed by atoms with van der Waals surface area (Å²) >= 11 is 0. The monoisotopic (exact) mass is 240 g/mol. The van der Waals surface area contributed by atoms with Crippen molar-refractivity contribution in [3.63, 3.8) is 0 Å². The second-order valence-corrected chi connectivity index (χ2v) is 4.59. The summed E-state index contributed by atoms with van der Waals surface area (Å²) in [5, 5.41) is 3.54. The van der Waals surface area contributed by atoms with Crippen LogP contribution in [-0.4, -0.2) is 11.5 Å². The van der Waals surface area contributed by atoms with Crippen LogP contribution in [0.15, 0.2) is 48.8 Å². The van der Waals surface area contributed by atoms with Gasteiger partial charge in [-0.1, -0.05) is 42.8 Å². The van der Waals surface area contributed by atoms with Gasteiger partial charge in [-0.2, -0.15) is 0 Å². The van der Waals surface area contributed by atoms with Crippen molar-refractivity contribution in [2.45, 2.75) is 26.3 Å². The van der Waals surface area contributed by atoms with E-state index in [1.807, 2.05) is 18.5 Å². The molecule has 1 aromatic carbocycles. The van der Waals surface area contributed by atoms with E-state index >= 15 is 0 Å². The Morgan fingerprint density at radius 2 is 1.94 bits per heavy atom. The highest BCUT2D eigenvalue weighted by atomic mass is 14.9. The number of hydrogen-bond acceptors (Lipinski definition) is 2. The fourth-order valence-corrected chi connectivity index (χ4v) is 2.11. The van der Waals surface area contributed by atoms with Crippen molar-refractivity contribution in [1.29, 1.82) is 0 Å². The first kappa shape index (κ1) is 12.8. The smallest absolute Gasteiger partial charge is 0.0361 e. The molecule has 0 saturated carbocycles. The Morgan fingerprint density at radius 1 is 1.17 bits per heavy atom. The van der Waals surface area contributed by atoms with Crippen molar-refractivity contribution < 1.29 is 0 Å². The van der Waals surface area contributed by atoms with Crippen LogP contribution in [0, 0.1) is 6.92 Å². The Kier molecular flexibility index (Phi) is 4.48. The molecule has 2 rings (SSSR count). The minimum Gasteiger partial charge on any atom is -0.310 e. The number of nitrogens with one attached hydrogen (secondary N) is 1. The molecule has 0 radical (unpaired) electrons. The first-order chi connectivity index (χ1) is 8.79. The molecule has 1 N–H and O–H groups in total. The molecule has 0 aliphatic carbocycles. The number of benzene rings is 1. The lowest BCUT2D eigenvalue weighted by Gasteiger charge is -2.18. The van der Waals surface area contributed by atoms with Crippen LogP contribution in [0.5, 0.6) is 0 Å². The normalized spacial score (nSPS) is 12.3. The van der Waals surface area contributed by atoms with Crippen molar-refractivity contribution in [1.82, 2.24) is 10.3 Å². The van der Waals surface area contributed by atoms with Gasteiger partial charge in [0.15, 0.2) is 0 Å². The average molecular weight is 240 g/mol. The maximum Gasteiger partial charge on any atom is 0.0361 e. The summed E-state index contributed by atoms with van der Waals surface area (Å²) in [6, 6.07) is 13.2. The minimum atomic E-state index is 0.361. The van der Waals surface area contributed by atoms with Gasteiger partial charge in [0, 0.05) is 18.4 Å². The standard InChI is InChI=1S/C16H20N2/c1-3-18-16(11-14-5-4-10-17-12-14)15-8-6-13(2)7-9-15/h4-10,12,16,18H,3,11H2,1-2H3. The quantitative estimate of drug-likeness (QED) is 0.867. The molecule has 94 valence electrons. The number of nitrogens with zero attached hydrogens (tertiary/aromatic N) is 1. The lowest BCUT2D eigenvalue weighted by atomic mass is 9.99. The fourth-order valence-electron chi connectivity index (χ4n) is 2.11. The summed E-state index contributed by atoms with van der Waals surface area (Å²) in [4.78, 5) is 4.18. The number of aryl methyl sites for hydroxylation is 1. The second kappa shape index (κ2) is 6.31. The molecule has 0 fully saturated rings. The summed E-state index contributed by atoms with van der Waals surface area (Å²) in [6.07, 6.45) is 4.74. The first-order valence-corrected chi connectivity index (χ1v) is 6.48. The van der Waals surface area contributed by atoms with Crippen LogP contribution in [0.25, 0.3) is 0 Å². The molecule has 0 spiro atoms. The predicted octanol–water partition coefficient (Wildman–Crippen LogP) is 3.28. The van der Waals surface area contributed by atoms with Crippen molar-refractivity contribution in [2.75, 3.05) is 6.54 Å². The number of hydrogen-bond donors (Lipinski definition) is 1. The maximum atomic E-state index is 4.18. The zero-order chi connectivity index (χ0) is 12.8. The highest BCUT2D eigenvalue weighted by Gasteiger charge is 2.10. The van der Waals surface area contributed by atoms with Gasteiger partial charge < -0.3 is 5.32 Å². The Labute approximate surface area is 109 Å². The van der Waals surface area contributed by atoms with E-state index in [2.05, 4.69) is 54.5 Å². The van der Waals surface area contributed by atoms with E-state index in [-0.39, 0.29) is 0 Å². The lowest BCUT2D eigenvalue weighted by Crippen LogP contribution is -2.22. The summed E-state index contributed by atoms with van der Waals surface area (Å²) in [6.45, 7) is 5.23. The van der Waals surface area contributed by atoms with Crippen LogP contribution in [-0.2, 0) is 6.42 Å². The number of likely N-dealkylation sites (N-methyl/N-ethyl adjacent to an activating group) is 1. The molecular weight excluding hydrogens is 220 g/mol. The Balaban J connectivity index is 2.15. The Bertz CT molecular complexity index is 462. The number of rotatable bonds is 5. The molecule has 0 saturated heterocycles. The zero-order valence-electron chi connectivity index (χ0n) is 11.1.